The monoisotopic (exact) mass is 188 g/mol. The Morgan fingerprint density at radius 1 is 1.50 bits per heavy atom. The minimum absolute atomic E-state index is 0.119. The number of nitrogens with one attached hydrogen (secondary N) is 1. The van der Waals surface area contributed by atoms with Gasteiger partial charge in [0.1, 0.15) is 17.0 Å². The van der Waals surface area contributed by atoms with Gasteiger partial charge in [0.2, 0.25) is 0 Å². The molecule has 2 aromatic heterocycles. The zero-order valence-corrected chi connectivity index (χ0v) is 7.27. The Morgan fingerprint density at radius 2 is 2.29 bits per heavy atom. The van der Waals surface area contributed by atoms with E-state index in [9.17, 15) is 4.79 Å². The van der Waals surface area contributed by atoms with Crippen molar-refractivity contribution >= 4 is 11.5 Å². The molecule has 3 N–H and O–H groups in total. The van der Waals surface area contributed by atoms with E-state index in [1.54, 1.807) is 24.4 Å². The molecule has 0 spiro atoms. The SMILES string of the molecule is N=C(N)c1cnc2ccccn2c1=O. The first-order valence-corrected chi connectivity index (χ1v) is 4.01. The van der Waals surface area contributed by atoms with Gasteiger partial charge >= 0.3 is 0 Å². The molecule has 0 atom stereocenters. The summed E-state index contributed by atoms with van der Waals surface area (Å²) in [6.07, 6.45) is 2.91. The molecule has 2 aromatic rings. The summed E-state index contributed by atoms with van der Waals surface area (Å²) < 4.78 is 1.36. The first kappa shape index (κ1) is 8.43. The van der Waals surface area contributed by atoms with Gasteiger partial charge in [0.05, 0.1) is 0 Å². The molecular weight excluding hydrogens is 180 g/mol. The van der Waals surface area contributed by atoms with Gasteiger partial charge in [-0.1, -0.05) is 6.07 Å². The summed E-state index contributed by atoms with van der Waals surface area (Å²) in [5.74, 6) is -0.263. The van der Waals surface area contributed by atoms with Crippen molar-refractivity contribution in [2.45, 2.75) is 0 Å². The lowest BCUT2D eigenvalue weighted by molar-refractivity contribution is 1.03. The summed E-state index contributed by atoms with van der Waals surface area (Å²) in [7, 11) is 0. The summed E-state index contributed by atoms with van der Waals surface area (Å²) in [5, 5.41) is 7.18. The van der Waals surface area contributed by atoms with Crippen LogP contribution in [0, 0.1) is 5.41 Å². The Hall–Kier alpha value is -2.17. The first-order chi connectivity index (χ1) is 6.70. The molecule has 0 unspecified atom stereocenters. The van der Waals surface area contributed by atoms with Gasteiger partial charge in [-0.3, -0.25) is 14.6 Å². The van der Waals surface area contributed by atoms with Crippen LogP contribution in [0.2, 0.25) is 0 Å². The van der Waals surface area contributed by atoms with Crippen molar-refractivity contribution in [1.29, 1.82) is 5.41 Å². The summed E-state index contributed by atoms with van der Waals surface area (Å²) in [6, 6.07) is 5.22. The van der Waals surface area contributed by atoms with Crippen LogP contribution in [0.25, 0.3) is 5.65 Å². The highest BCUT2D eigenvalue weighted by molar-refractivity contribution is 5.94. The maximum absolute atomic E-state index is 11.7. The highest BCUT2D eigenvalue weighted by atomic mass is 16.1. The van der Waals surface area contributed by atoms with E-state index in [2.05, 4.69) is 4.98 Å². The molecule has 0 amide bonds. The lowest BCUT2D eigenvalue weighted by Crippen LogP contribution is -2.26. The molecule has 0 bridgehead atoms. The van der Waals surface area contributed by atoms with Crippen LogP contribution >= 0.6 is 0 Å². The van der Waals surface area contributed by atoms with Crippen LogP contribution in [0.15, 0.2) is 35.4 Å². The molecule has 70 valence electrons. The Kier molecular flexibility index (Phi) is 1.78. The van der Waals surface area contributed by atoms with E-state index in [-0.39, 0.29) is 17.0 Å². The van der Waals surface area contributed by atoms with Crippen LogP contribution < -0.4 is 11.3 Å². The Bertz CT molecular complexity index is 558. The minimum Gasteiger partial charge on any atom is -0.383 e. The number of rotatable bonds is 1. The summed E-state index contributed by atoms with van der Waals surface area (Å²) >= 11 is 0. The molecule has 14 heavy (non-hydrogen) atoms. The van der Waals surface area contributed by atoms with Crippen molar-refractivity contribution in [2.75, 3.05) is 0 Å². The predicted octanol–water partition coefficient (Wildman–Crippen LogP) is -0.0214. The number of hydrogen-bond acceptors (Lipinski definition) is 3. The largest absolute Gasteiger partial charge is 0.383 e. The van der Waals surface area contributed by atoms with Gasteiger partial charge in [-0.2, -0.15) is 0 Å². The van der Waals surface area contributed by atoms with Crippen molar-refractivity contribution < 1.29 is 0 Å². The Balaban J connectivity index is 2.89. The highest BCUT2D eigenvalue weighted by Gasteiger charge is 2.05. The summed E-state index contributed by atoms with van der Waals surface area (Å²) in [5.41, 5.74) is 5.58. The highest BCUT2D eigenvalue weighted by Crippen LogP contribution is 1.96. The molecule has 0 fully saturated rings. The fourth-order valence-electron chi connectivity index (χ4n) is 1.21. The van der Waals surface area contributed by atoms with Gasteiger partial charge < -0.3 is 5.73 Å². The molecule has 0 aromatic carbocycles. The topological polar surface area (TPSA) is 84.2 Å². The van der Waals surface area contributed by atoms with Crippen LogP contribution in [0.4, 0.5) is 0 Å². The van der Waals surface area contributed by atoms with E-state index in [4.69, 9.17) is 11.1 Å². The number of nitrogens with zero attached hydrogens (tertiary/aromatic N) is 2. The second kappa shape index (κ2) is 2.95. The standard InChI is InChI=1S/C9H8N4O/c10-8(11)6-5-12-7-3-1-2-4-13(7)9(6)14/h1-5H,(H3,10,11). The second-order valence-corrected chi connectivity index (χ2v) is 2.82. The quantitative estimate of drug-likeness (QED) is 0.487. The number of hydrogen-bond donors (Lipinski definition) is 2. The lowest BCUT2D eigenvalue weighted by Gasteiger charge is -2.01. The zero-order valence-electron chi connectivity index (χ0n) is 7.27. The van der Waals surface area contributed by atoms with Gasteiger partial charge in [0, 0.05) is 12.4 Å². The molecular formula is C9H8N4O. The average Bonchev–Trinajstić information content (AvgIpc) is 2.18. The lowest BCUT2D eigenvalue weighted by atomic mass is 10.3. The Labute approximate surface area is 79.3 Å². The van der Waals surface area contributed by atoms with Crippen LogP contribution in [-0.2, 0) is 0 Å². The fraction of sp³-hybridized carbons (Fsp3) is 0. The van der Waals surface area contributed by atoms with Gasteiger partial charge in [-0.05, 0) is 12.1 Å². The van der Waals surface area contributed by atoms with Gasteiger partial charge in [0.15, 0.2) is 0 Å². The smallest absolute Gasteiger partial charge is 0.268 e. The number of amidine groups is 1. The van der Waals surface area contributed by atoms with Gasteiger partial charge in [-0.25, -0.2) is 4.98 Å². The van der Waals surface area contributed by atoms with Gasteiger partial charge in [-0.15, -0.1) is 0 Å². The van der Waals surface area contributed by atoms with E-state index in [0.29, 0.717) is 5.65 Å². The fourth-order valence-corrected chi connectivity index (χ4v) is 1.21. The maximum atomic E-state index is 11.7. The molecule has 0 radical (unpaired) electrons. The molecule has 2 heterocycles. The first-order valence-electron chi connectivity index (χ1n) is 4.01. The molecule has 2 rings (SSSR count). The van der Waals surface area contributed by atoms with Crippen LogP contribution in [0.1, 0.15) is 5.56 Å². The minimum atomic E-state index is -0.317. The van der Waals surface area contributed by atoms with E-state index < -0.39 is 0 Å². The number of nitrogen functional groups attached to an aromatic ring is 1. The number of fused-ring (bicyclic) bond motifs is 1. The van der Waals surface area contributed by atoms with Gasteiger partial charge in [0.25, 0.3) is 5.56 Å². The zero-order chi connectivity index (χ0) is 10.1. The number of aromatic nitrogens is 2. The average molecular weight is 188 g/mol. The second-order valence-electron chi connectivity index (χ2n) is 2.82. The van der Waals surface area contributed by atoms with Crippen molar-refractivity contribution in [3.8, 4) is 0 Å². The van der Waals surface area contributed by atoms with Crippen molar-refractivity contribution in [3.63, 3.8) is 0 Å². The number of pyridine rings is 1. The molecule has 5 heteroatoms. The van der Waals surface area contributed by atoms with Crippen LogP contribution in [-0.4, -0.2) is 15.2 Å². The number of nitrogens with two attached hydrogens (primary N) is 1. The van der Waals surface area contributed by atoms with E-state index in [1.807, 2.05) is 0 Å². The third-order valence-corrected chi connectivity index (χ3v) is 1.90. The van der Waals surface area contributed by atoms with Crippen LogP contribution in [0.5, 0.6) is 0 Å². The third-order valence-electron chi connectivity index (χ3n) is 1.90. The van der Waals surface area contributed by atoms with E-state index in [0.717, 1.165) is 0 Å². The predicted molar refractivity (Wildman–Crippen MR) is 52.5 cm³/mol. The van der Waals surface area contributed by atoms with E-state index in [1.165, 1.54) is 10.6 Å². The molecule has 5 nitrogen and oxygen atoms in total. The van der Waals surface area contributed by atoms with Crippen molar-refractivity contribution in [1.82, 2.24) is 9.38 Å². The van der Waals surface area contributed by atoms with Crippen molar-refractivity contribution in [2.24, 2.45) is 5.73 Å². The van der Waals surface area contributed by atoms with E-state index >= 15 is 0 Å². The molecule has 0 saturated heterocycles. The molecule has 0 aliphatic heterocycles. The Morgan fingerprint density at radius 3 is 3.00 bits per heavy atom. The molecule has 0 saturated carbocycles. The molecule has 0 aliphatic rings. The summed E-state index contributed by atoms with van der Waals surface area (Å²) in [6.45, 7) is 0. The molecule has 0 aliphatic carbocycles. The third kappa shape index (κ3) is 1.15. The normalized spacial score (nSPS) is 10.3. The van der Waals surface area contributed by atoms with Crippen molar-refractivity contribution in [3.05, 3.63) is 46.5 Å². The maximum Gasteiger partial charge on any atom is 0.268 e. The van der Waals surface area contributed by atoms with Crippen LogP contribution in [0.3, 0.4) is 0 Å². The summed E-state index contributed by atoms with van der Waals surface area (Å²) in [4.78, 5) is 15.7.